The van der Waals surface area contributed by atoms with Crippen molar-refractivity contribution in [3.8, 4) is 11.5 Å². The Morgan fingerprint density at radius 3 is 2.24 bits per heavy atom. The molecule has 8 nitrogen and oxygen atoms in total. The second-order valence-corrected chi connectivity index (χ2v) is 6.37. The Morgan fingerprint density at radius 1 is 1.12 bits per heavy atom. The number of methoxy groups -OCH3 is 2. The second kappa shape index (κ2) is 8.36. The Bertz CT molecular complexity index is 664. The van der Waals surface area contributed by atoms with E-state index in [0.717, 1.165) is 0 Å². The predicted octanol–water partition coefficient (Wildman–Crippen LogP) is 1.89. The molecule has 0 atom stereocenters. The Labute approximate surface area is 146 Å². The molecule has 0 saturated carbocycles. The van der Waals surface area contributed by atoms with Gasteiger partial charge >= 0.3 is 5.97 Å². The Kier molecular flexibility index (Phi) is 6.78. The van der Waals surface area contributed by atoms with E-state index in [4.69, 9.17) is 14.6 Å². The molecule has 0 bridgehead atoms. The van der Waals surface area contributed by atoms with Crippen LogP contribution in [0.1, 0.15) is 37.6 Å². The molecule has 1 aromatic rings. The van der Waals surface area contributed by atoms with E-state index in [-0.39, 0.29) is 41.6 Å². The third-order valence-corrected chi connectivity index (χ3v) is 3.32. The van der Waals surface area contributed by atoms with Crippen LogP contribution in [-0.2, 0) is 9.59 Å². The third kappa shape index (κ3) is 5.66. The predicted molar refractivity (Wildman–Crippen MR) is 92.2 cm³/mol. The normalized spacial score (nSPS) is 10.8. The Hall–Kier alpha value is -2.77. The first-order chi connectivity index (χ1) is 11.6. The molecule has 0 heterocycles. The van der Waals surface area contributed by atoms with Crippen molar-refractivity contribution in [2.24, 2.45) is 5.41 Å². The van der Waals surface area contributed by atoms with Gasteiger partial charge in [-0.2, -0.15) is 0 Å². The molecule has 3 N–H and O–H groups in total. The zero-order valence-electron chi connectivity index (χ0n) is 15.1. The smallest absolute Gasteiger partial charge is 0.335 e. The van der Waals surface area contributed by atoms with Gasteiger partial charge in [-0.1, -0.05) is 20.8 Å². The molecule has 138 valence electrons. The van der Waals surface area contributed by atoms with Gasteiger partial charge in [0.1, 0.15) is 0 Å². The summed E-state index contributed by atoms with van der Waals surface area (Å²) in [5.41, 5.74) is -0.400. The Balaban J connectivity index is 2.84. The molecule has 0 radical (unpaired) electrons. The highest BCUT2D eigenvalue weighted by Crippen LogP contribution is 2.36. The maximum absolute atomic E-state index is 12.1. The van der Waals surface area contributed by atoms with E-state index in [9.17, 15) is 14.4 Å². The molecule has 0 aliphatic carbocycles. The number of hydrogen-bond donors (Lipinski definition) is 3. The van der Waals surface area contributed by atoms with Crippen molar-refractivity contribution < 1.29 is 29.0 Å². The lowest BCUT2D eigenvalue weighted by Gasteiger charge is -2.18. The zero-order valence-corrected chi connectivity index (χ0v) is 15.1. The number of carbonyl (C=O) groups is 3. The monoisotopic (exact) mass is 352 g/mol. The van der Waals surface area contributed by atoms with Crippen LogP contribution in [0.3, 0.4) is 0 Å². The van der Waals surface area contributed by atoms with Gasteiger partial charge in [0, 0.05) is 18.4 Å². The molecule has 0 aliphatic heterocycles. The maximum atomic E-state index is 12.1. The number of carboxylic acid groups (broad SMARTS) is 1. The SMILES string of the molecule is COc1cc(C(=O)O)cc(NC(=O)CCNC(=O)C(C)(C)C)c1OC. The molecule has 0 saturated heterocycles. The van der Waals surface area contributed by atoms with Gasteiger partial charge < -0.3 is 25.2 Å². The van der Waals surface area contributed by atoms with Gasteiger partial charge in [0.2, 0.25) is 11.8 Å². The van der Waals surface area contributed by atoms with Gasteiger partial charge in [0.15, 0.2) is 11.5 Å². The molecular formula is C17H24N2O6. The lowest BCUT2D eigenvalue weighted by molar-refractivity contribution is -0.128. The van der Waals surface area contributed by atoms with E-state index in [2.05, 4.69) is 10.6 Å². The van der Waals surface area contributed by atoms with Gasteiger partial charge in [-0.3, -0.25) is 9.59 Å². The van der Waals surface area contributed by atoms with Crippen LogP contribution >= 0.6 is 0 Å². The van der Waals surface area contributed by atoms with Crippen molar-refractivity contribution >= 4 is 23.5 Å². The molecule has 0 aromatic heterocycles. The summed E-state index contributed by atoms with van der Waals surface area (Å²) in [7, 11) is 2.76. The minimum atomic E-state index is -1.16. The van der Waals surface area contributed by atoms with Crippen molar-refractivity contribution in [3.05, 3.63) is 17.7 Å². The number of carboxylic acids is 1. The second-order valence-electron chi connectivity index (χ2n) is 6.37. The topological polar surface area (TPSA) is 114 Å². The minimum absolute atomic E-state index is 0.0323. The standard InChI is InChI=1S/C17H24N2O6/c1-17(2,3)16(23)18-7-6-13(20)19-11-8-10(15(21)22)9-12(24-4)14(11)25-5/h8-9H,6-7H2,1-5H3,(H,18,23)(H,19,20)(H,21,22). The van der Waals surface area contributed by atoms with Crippen LogP contribution in [0.25, 0.3) is 0 Å². The first-order valence-electron chi connectivity index (χ1n) is 7.67. The molecule has 25 heavy (non-hydrogen) atoms. The highest BCUT2D eigenvalue weighted by atomic mass is 16.5. The van der Waals surface area contributed by atoms with Crippen molar-refractivity contribution in [1.82, 2.24) is 5.32 Å². The van der Waals surface area contributed by atoms with Crippen molar-refractivity contribution in [3.63, 3.8) is 0 Å². The first kappa shape index (κ1) is 20.3. The van der Waals surface area contributed by atoms with Gasteiger partial charge in [-0.25, -0.2) is 4.79 Å². The summed E-state index contributed by atoms with van der Waals surface area (Å²) < 4.78 is 10.3. The van der Waals surface area contributed by atoms with Gasteiger partial charge in [0.05, 0.1) is 25.5 Å². The number of nitrogens with one attached hydrogen (secondary N) is 2. The van der Waals surface area contributed by atoms with E-state index in [1.165, 1.54) is 26.4 Å². The van der Waals surface area contributed by atoms with Gasteiger partial charge in [-0.15, -0.1) is 0 Å². The van der Waals surface area contributed by atoms with Crippen LogP contribution < -0.4 is 20.1 Å². The molecule has 1 aromatic carbocycles. The number of ether oxygens (including phenoxy) is 2. The summed E-state index contributed by atoms with van der Waals surface area (Å²) in [6, 6.07) is 2.59. The molecule has 0 fully saturated rings. The molecule has 1 rings (SSSR count). The fourth-order valence-corrected chi connectivity index (χ4v) is 1.95. The number of carbonyl (C=O) groups excluding carboxylic acids is 2. The lowest BCUT2D eigenvalue weighted by Crippen LogP contribution is -2.36. The molecule has 8 heteroatoms. The summed E-state index contributed by atoms with van der Waals surface area (Å²) in [5, 5.41) is 14.4. The number of hydrogen-bond acceptors (Lipinski definition) is 5. The third-order valence-electron chi connectivity index (χ3n) is 3.32. The van der Waals surface area contributed by atoms with E-state index in [1.54, 1.807) is 20.8 Å². The van der Waals surface area contributed by atoms with E-state index in [1.807, 2.05) is 0 Å². The van der Waals surface area contributed by atoms with E-state index >= 15 is 0 Å². The summed E-state index contributed by atoms with van der Waals surface area (Å²) in [5.74, 6) is -1.29. The number of anilines is 1. The highest BCUT2D eigenvalue weighted by molar-refractivity contribution is 5.97. The van der Waals surface area contributed by atoms with Gasteiger partial charge in [0.25, 0.3) is 0 Å². The number of amides is 2. The number of benzene rings is 1. The summed E-state index contributed by atoms with van der Waals surface area (Å²) in [6.45, 7) is 5.49. The lowest BCUT2D eigenvalue weighted by atomic mass is 9.96. The van der Waals surface area contributed by atoms with Crippen LogP contribution in [-0.4, -0.2) is 43.7 Å². The average molecular weight is 352 g/mol. The molecule has 0 spiro atoms. The average Bonchev–Trinajstić information content (AvgIpc) is 2.52. The van der Waals surface area contributed by atoms with Crippen molar-refractivity contribution in [2.75, 3.05) is 26.1 Å². The van der Waals surface area contributed by atoms with Crippen LogP contribution in [0.4, 0.5) is 5.69 Å². The quantitative estimate of drug-likeness (QED) is 0.690. The first-order valence-corrected chi connectivity index (χ1v) is 7.67. The van der Waals surface area contributed by atoms with Crippen LogP contribution in [0.5, 0.6) is 11.5 Å². The molecule has 2 amide bonds. The van der Waals surface area contributed by atoms with Crippen LogP contribution in [0, 0.1) is 5.41 Å². The highest BCUT2D eigenvalue weighted by Gasteiger charge is 2.21. The van der Waals surface area contributed by atoms with Gasteiger partial charge in [-0.05, 0) is 12.1 Å². The summed E-state index contributed by atoms with van der Waals surface area (Å²) in [4.78, 5) is 35.0. The minimum Gasteiger partial charge on any atom is -0.493 e. The van der Waals surface area contributed by atoms with Crippen molar-refractivity contribution in [2.45, 2.75) is 27.2 Å². The number of rotatable bonds is 7. The van der Waals surface area contributed by atoms with Crippen molar-refractivity contribution in [1.29, 1.82) is 0 Å². The summed E-state index contributed by atoms with van der Waals surface area (Å²) in [6.07, 6.45) is 0.0323. The van der Waals surface area contributed by atoms with E-state index < -0.39 is 17.3 Å². The van der Waals surface area contributed by atoms with E-state index in [0.29, 0.717) is 0 Å². The maximum Gasteiger partial charge on any atom is 0.335 e. The fraction of sp³-hybridized carbons (Fsp3) is 0.471. The fourth-order valence-electron chi connectivity index (χ4n) is 1.95. The largest absolute Gasteiger partial charge is 0.493 e. The molecule has 0 unspecified atom stereocenters. The molecular weight excluding hydrogens is 328 g/mol. The molecule has 0 aliphatic rings. The zero-order chi connectivity index (χ0) is 19.2. The van der Waals surface area contributed by atoms with Crippen LogP contribution in [0.2, 0.25) is 0 Å². The number of aromatic carboxylic acids is 1. The Morgan fingerprint density at radius 2 is 1.76 bits per heavy atom. The van der Waals surface area contributed by atoms with Crippen LogP contribution in [0.15, 0.2) is 12.1 Å². The summed E-state index contributed by atoms with van der Waals surface area (Å²) >= 11 is 0.